The van der Waals surface area contributed by atoms with E-state index in [0.29, 0.717) is 6.61 Å². The first-order valence-corrected chi connectivity index (χ1v) is 5.08. The van der Waals surface area contributed by atoms with Crippen LogP contribution in [-0.2, 0) is 9.53 Å². The summed E-state index contributed by atoms with van der Waals surface area (Å²) in [5.74, 6) is 0.557. The summed E-state index contributed by atoms with van der Waals surface area (Å²) in [4.78, 5) is 11.1. The van der Waals surface area contributed by atoms with Gasteiger partial charge >= 0.3 is 5.97 Å². The molecule has 0 saturated heterocycles. The summed E-state index contributed by atoms with van der Waals surface area (Å²) in [6, 6.07) is 0. The molecule has 1 saturated carbocycles. The highest BCUT2D eigenvalue weighted by Crippen LogP contribution is 2.27. The highest BCUT2D eigenvalue weighted by Gasteiger charge is 2.13. The van der Waals surface area contributed by atoms with Crippen LogP contribution < -0.4 is 0 Å². The Labute approximate surface area is 80.0 Å². The largest absolute Gasteiger partial charge is 0.463 e. The molecule has 13 heavy (non-hydrogen) atoms. The van der Waals surface area contributed by atoms with E-state index >= 15 is 0 Å². The predicted octanol–water partition coefficient (Wildman–Crippen LogP) is 2.69. The molecule has 0 amide bonds. The fraction of sp³-hybridized carbons (Fsp3) is 0.727. The zero-order valence-corrected chi connectivity index (χ0v) is 8.51. The summed E-state index contributed by atoms with van der Waals surface area (Å²) in [5.41, 5.74) is 1.26. The van der Waals surface area contributed by atoms with Gasteiger partial charge in [0.1, 0.15) is 0 Å². The Morgan fingerprint density at radius 3 is 3.08 bits per heavy atom. The molecule has 0 radical (unpaired) electrons. The van der Waals surface area contributed by atoms with Gasteiger partial charge in [-0.15, -0.1) is 0 Å². The van der Waals surface area contributed by atoms with E-state index in [0.717, 1.165) is 18.8 Å². The lowest BCUT2D eigenvalue weighted by molar-refractivity contribution is -0.137. The third-order valence-electron chi connectivity index (χ3n) is 2.41. The van der Waals surface area contributed by atoms with Gasteiger partial charge in [0, 0.05) is 6.08 Å². The summed E-state index contributed by atoms with van der Waals surface area (Å²) < 4.78 is 4.86. The Morgan fingerprint density at radius 2 is 2.46 bits per heavy atom. The van der Waals surface area contributed by atoms with E-state index in [-0.39, 0.29) is 5.97 Å². The topological polar surface area (TPSA) is 26.3 Å². The molecule has 2 nitrogen and oxygen atoms in total. The fourth-order valence-corrected chi connectivity index (χ4v) is 1.81. The van der Waals surface area contributed by atoms with Crippen LogP contribution >= 0.6 is 0 Å². The first-order chi connectivity index (χ1) is 6.22. The molecule has 1 rings (SSSR count). The fourth-order valence-electron chi connectivity index (χ4n) is 1.81. The standard InChI is InChI=1S/C11H18O2/c1-3-13-11(12)8-10-6-4-5-9(2)7-10/h8-9H,3-7H2,1-2H3/b10-8+/t9-/m1/s1. The van der Waals surface area contributed by atoms with Gasteiger partial charge in [-0.05, 0) is 32.1 Å². The Balaban J connectivity index is 2.44. The first kappa shape index (κ1) is 10.3. The van der Waals surface area contributed by atoms with Crippen LogP contribution in [0.25, 0.3) is 0 Å². The monoisotopic (exact) mass is 182 g/mol. The third kappa shape index (κ3) is 3.62. The molecule has 0 aromatic heterocycles. The number of allylic oxidation sites excluding steroid dienone is 1. The maximum absolute atomic E-state index is 11.1. The maximum atomic E-state index is 11.1. The van der Waals surface area contributed by atoms with E-state index in [9.17, 15) is 4.79 Å². The minimum Gasteiger partial charge on any atom is -0.463 e. The summed E-state index contributed by atoms with van der Waals surface area (Å²) in [6.07, 6.45) is 6.33. The smallest absolute Gasteiger partial charge is 0.330 e. The van der Waals surface area contributed by atoms with Crippen molar-refractivity contribution in [1.29, 1.82) is 0 Å². The molecule has 0 spiro atoms. The SMILES string of the molecule is CCOC(=O)/C=C1\CCC[C@@H](C)C1. The zero-order valence-electron chi connectivity index (χ0n) is 8.51. The normalized spacial score (nSPS) is 26.0. The molecule has 0 bridgehead atoms. The van der Waals surface area contributed by atoms with E-state index in [1.165, 1.54) is 18.4 Å². The van der Waals surface area contributed by atoms with Gasteiger partial charge in [0.15, 0.2) is 0 Å². The molecule has 1 fully saturated rings. The van der Waals surface area contributed by atoms with Gasteiger partial charge in [-0.1, -0.05) is 18.9 Å². The van der Waals surface area contributed by atoms with Crippen molar-refractivity contribution >= 4 is 5.97 Å². The molecule has 0 heterocycles. The average molecular weight is 182 g/mol. The Bertz CT molecular complexity index is 206. The van der Waals surface area contributed by atoms with Gasteiger partial charge in [0.2, 0.25) is 0 Å². The minimum atomic E-state index is -0.174. The van der Waals surface area contributed by atoms with Crippen molar-refractivity contribution in [2.24, 2.45) is 5.92 Å². The van der Waals surface area contributed by atoms with Gasteiger partial charge in [0.25, 0.3) is 0 Å². The number of carbonyl (C=O) groups excluding carboxylic acids is 1. The van der Waals surface area contributed by atoms with Crippen LogP contribution in [0, 0.1) is 5.92 Å². The van der Waals surface area contributed by atoms with Gasteiger partial charge in [0.05, 0.1) is 6.61 Å². The van der Waals surface area contributed by atoms with E-state index in [1.54, 1.807) is 6.08 Å². The van der Waals surface area contributed by atoms with Crippen LogP contribution in [0.4, 0.5) is 0 Å². The lowest BCUT2D eigenvalue weighted by atomic mass is 9.87. The van der Waals surface area contributed by atoms with Crippen molar-refractivity contribution in [2.45, 2.75) is 39.5 Å². The molecule has 0 aromatic rings. The van der Waals surface area contributed by atoms with Crippen molar-refractivity contribution in [2.75, 3.05) is 6.61 Å². The van der Waals surface area contributed by atoms with Crippen LogP contribution in [0.5, 0.6) is 0 Å². The Hall–Kier alpha value is -0.790. The first-order valence-electron chi connectivity index (χ1n) is 5.08. The average Bonchev–Trinajstić information content (AvgIpc) is 2.04. The second-order valence-corrected chi connectivity index (χ2v) is 3.76. The van der Waals surface area contributed by atoms with Crippen LogP contribution in [0.2, 0.25) is 0 Å². The van der Waals surface area contributed by atoms with Gasteiger partial charge in [-0.25, -0.2) is 4.79 Å². The van der Waals surface area contributed by atoms with E-state index in [2.05, 4.69) is 6.92 Å². The van der Waals surface area contributed by atoms with E-state index in [1.807, 2.05) is 6.92 Å². The number of esters is 1. The van der Waals surface area contributed by atoms with Crippen LogP contribution in [0.15, 0.2) is 11.6 Å². The van der Waals surface area contributed by atoms with Crippen molar-refractivity contribution < 1.29 is 9.53 Å². The van der Waals surface area contributed by atoms with Gasteiger partial charge < -0.3 is 4.74 Å². The molecule has 1 atom stereocenters. The minimum absolute atomic E-state index is 0.174. The maximum Gasteiger partial charge on any atom is 0.330 e. The molecule has 0 aromatic carbocycles. The van der Waals surface area contributed by atoms with E-state index < -0.39 is 0 Å². The van der Waals surface area contributed by atoms with Crippen LogP contribution in [-0.4, -0.2) is 12.6 Å². The number of rotatable bonds is 2. The van der Waals surface area contributed by atoms with Gasteiger partial charge in [-0.3, -0.25) is 0 Å². The lowest BCUT2D eigenvalue weighted by Gasteiger charge is -2.19. The number of ether oxygens (including phenoxy) is 1. The Kier molecular flexibility index (Phi) is 4.00. The van der Waals surface area contributed by atoms with Crippen molar-refractivity contribution in [1.82, 2.24) is 0 Å². The summed E-state index contributed by atoms with van der Waals surface area (Å²) in [6.45, 7) is 4.54. The predicted molar refractivity (Wildman–Crippen MR) is 52.3 cm³/mol. The van der Waals surface area contributed by atoms with Crippen molar-refractivity contribution in [3.05, 3.63) is 11.6 Å². The molecule has 0 aliphatic heterocycles. The number of carbonyl (C=O) groups is 1. The molecule has 0 unspecified atom stereocenters. The van der Waals surface area contributed by atoms with Crippen molar-refractivity contribution in [3.63, 3.8) is 0 Å². The lowest BCUT2D eigenvalue weighted by Crippen LogP contribution is -2.07. The number of hydrogen-bond donors (Lipinski definition) is 0. The van der Waals surface area contributed by atoms with E-state index in [4.69, 9.17) is 4.74 Å². The third-order valence-corrected chi connectivity index (χ3v) is 2.41. The summed E-state index contributed by atoms with van der Waals surface area (Å²) in [5, 5.41) is 0. The molecule has 2 heteroatoms. The number of hydrogen-bond acceptors (Lipinski definition) is 2. The zero-order chi connectivity index (χ0) is 9.68. The van der Waals surface area contributed by atoms with Crippen LogP contribution in [0.3, 0.4) is 0 Å². The van der Waals surface area contributed by atoms with Gasteiger partial charge in [-0.2, -0.15) is 0 Å². The highest BCUT2D eigenvalue weighted by molar-refractivity contribution is 5.82. The molecular weight excluding hydrogens is 164 g/mol. The highest BCUT2D eigenvalue weighted by atomic mass is 16.5. The molecule has 0 N–H and O–H groups in total. The summed E-state index contributed by atoms with van der Waals surface area (Å²) >= 11 is 0. The van der Waals surface area contributed by atoms with Crippen LogP contribution in [0.1, 0.15) is 39.5 Å². The van der Waals surface area contributed by atoms with Crippen molar-refractivity contribution in [3.8, 4) is 0 Å². The molecule has 74 valence electrons. The quantitative estimate of drug-likeness (QED) is 0.485. The molecule has 1 aliphatic rings. The second kappa shape index (κ2) is 5.05. The second-order valence-electron chi connectivity index (χ2n) is 3.76. The summed E-state index contributed by atoms with van der Waals surface area (Å²) in [7, 11) is 0. The molecular formula is C11H18O2. The Morgan fingerprint density at radius 1 is 1.69 bits per heavy atom. The molecule has 1 aliphatic carbocycles.